The van der Waals surface area contributed by atoms with Gasteiger partial charge in [0.25, 0.3) is 0 Å². The Morgan fingerprint density at radius 3 is 2.90 bits per heavy atom. The van der Waals surface area contributed by atoms with Gasteiger partial charge in [-0.3, -0.25) is 0 Å². The van der Waals surface area contributed by atoms with Crippen molar-refractivity contribution < 1.29 is 13.9 Å². The molecule has 1 N–H and O–H groups in total. The summed E-state index contributed by atoms with van der Waals surface area (Å²) in [5.41, 5.74) is 0.874. The molecule has 0 aliphatic carbocycles. The van der Waals surface area contributed by atoms with E-state index in [0.717, 1.165) is 25.0 Å². The molecule has 2 unspecified atom stereocenters. The van der Waals surface area contributed by atoms with Crippen LogP contribution in [0.3, 0.4) is 0 Å². The summed E-state index contributed by atoms with van der Waals surface area (Å²) >= 11 is 0. The third-order valence-corrected chi connectivity index (χ3v) is 3.69. The van der Waals surface area contributed by atoms with Crippen molar-refractivity contribution in [3.63, 3.8) is 0 Å². The fraction of sp³-hybridized carbons (Fsp3) is 0.647. The van der Waals surface area contributed by atoms with Gasteiger partial charge >= 0.3 is 0 Å². The first kappa shape index (κ1) is 16.4. The molecule has 0 bridgehead atoms. The maximum Gasteiger partial charge on any atom is 0.123 e. The van der Waals surface area contributed by atoms with Crippen molar-refractivity contribution in [1.82, 2.24) is 5.32 Å². The van der Waals surface area contributed by atoms with Crippen LogP contribution in [0.1, 0.15) is 44.8 Å². The van der Waals surface area contributed by atoms with Crippen LogP contribution in [0.25, 0.3) is 0 Å². The van der Waals surface area contributed by atoms with Crippen molar-refractivity contribution in [3.8, 4) is 0 Å². The lowest BCUT2D eigenvalue weighted by atomic mass is 10.1. The number of halogens is 1. The van der Waals surface area contributed by atoms with Crippen LogP contribution in [-0.2, 0) is 9.47 Å². The molecule has 1 saturated heterocycles. The van der Waals surface area contributed by atoms with E-state index < -0.39 is 0 Å². The maximum atomic E-state index is 13.4. The van der Waals surface area contributed by atoms with Gasteiger partial charge in [-0.05, 0) is 37.0 Å². The number of hydrogen-bond donors (Lipinski definition) is 1. The van der Waals surface area contributed by atoms with Gasteiger partial charge in [-0.2, -0.15) is 0 Å². The Morgan fingerprint density at radius 1 is 1.38 bits per heavy atom. The molecular formula is C17H26FNO2. The summed E-state index contributed by atoms with van der Waals surface area (Å²) in [5.74, 6) is -0.223. The lowest BCUT2D eigenvalue weighted by Gasteiger charge is -2.26. The van der Waals surface area contributed by atoms with Gasteiger partial charge in [-0.1, -0.05) is 26.0 Å². The Morgan fingerprint density at radius 2 is 2.24 bits per heavy atom. The molecule has 4 heteroatoms. The van der Waals surface area contributed by atoms with Crippen LogP contribution >= 0.6 is 0 Å². The zero-order chi connectivity index (χ0) is 15.1. The van der Waals surface area contributed by atoms with Crippen LogP contribution < -0.4 is 5.32 Å². The predicted molar refractivity (Wildman–Crippen MR) is 81.8 cm³/mol. The molecule has 0 spiro atoms. The Labute approximate surface area is 126 Å². The van der Waals surface area contributed by atoms with Gasteiger partial charge in [0.15, 0.2) is 0 Å². The Kier molecular flexibility index (Phi) is 6.61. The van der Waals surface area contributed by atoms with Crippen molar-refractivity contribution in [2.24, 2.45) is 0 Å². The van der Waals surface area contributed by atoms with E-state index in [-0.39, 0.29) is 18.0 Å². The van der Waals surface area contributed by atoms with Crippen LogP contribution in [0, 0.1) is 5.82 Å². The van der Waals surface area contributed by atoms with Crippen LogP contribution in [0.5, 0.6) is 0 Å². The second-order valence-electron chi connectivity index (χ2n) is 5.93. The minimum atomic E-state index is -0.223. The monoisotopic (exact) mass is 295 g/mol. The van der Waals surface area contributed by atoms with Crippen molar-refractivity contribution in [2.75, 3.05) is 19.8 Å². The summed E-state index contributed by atoms with van der Waals surface area (Å²) in [6, 6.07) is 7.02. The van der Waals surface area contributed by atoms with Crippen molar-refractivity contribution in [1.29, 1.82) is 0 Å². The maximum absolute atomic E-state index is 13.4. The van der Waals surface area contributed by atoms with Gasteiger partial charge < -0.3 is 14.8 Å². The van der Waals surface area contributed by atoms with Crippen LogP contribution in [0.15, 0.2) is 24.3 Å². The smallest absolute Gasteiger partial charge is 0.123 e. The summed E-state index contributed by atoms with van der Waals surface area (Å²) in [7, 11) is 0. The third kappa shape index (κ3) is 5.73. The lowest BCUT2D eigenvalue weighted by Crippen LogP contribution is -2.32. The Balaban J connectivity index is 1.94. The second kappa shape index (κ2) is 8.47. The fourth-order valence-electron chi connectivity index (χ4n) is 2.48. The molecule has 0 saturated carbocycles. The quantitative estimate of drug-likeness (QED) is 0.836. The van der Waals surface area contributed by atoms with E-state index in [9.17, 15) is 4.39 Å². The molecule has 3 nitrogen and oxygen atoms in total. The number of rotatable bonds is 7. The third-order valence-electron chi connectivity index (χ3n) is 3.69. The van der Waals surface area contributed by atoms with Crippen molar-refractivity contribution >= 4 is 0 Å². The number of benzene rings is 1. The van der Waals surface area contributed by atoms with Crippen LogP contribution in [-0.4, -0.2) is 31.9 Å². The lowest BCUT2D eigenvalue weighted by molar-refractivity contribution is -0.0636. The molecule has 0 radical (unpaired) electrons. The largest absolute Gasteiger partial charge is 0.376 e. The van der Waals surface area contributed by atoms with Gasteiger partial charge in [0, 0.05) is 19.2 Å². The Hall–Kier alpha value is -0.970. The van der Waals surface area contributed by atoms with Gasteiger partial charge in [0.2, 0.25) is 0 Å². The molecule has 1 aliphatic heterocycles. The predicted octanol–water partition coefficient (Wildman–Crippen LogP) is 3.45. The fourth-order valence-corrected chi connectivity index (χ4v) is 2.48. The highest BCUT2D eigenvalue weighted by atomic mass is 19.1. The molecule has 1 heterocycles. The first-order chi connectivity index (χ1) is 10.1. The topological polar surface area (TPSA) is 30.5 Å². The summed E-state index contributed by atoms with van der Waals surface area (Å²) in [6.07, 6.45) is 3.41. The highest BCUT2D eigenvalue weighted by molar-refractivity contribution is 5.19. The minimum Gasteiger partial charge on any atom is -0.376 e. The molecule has 118 valence electrons. The summed E-state index contributed by atoms with van der Waals surface area (Å²) in [5, 5.41) is 3.36. The minimum absolute atomic E-state index is 0.145. The van der Waals surface area contributed by atoms with Crippen molar-refractivity contribution in [2.45, 2.75) is 51.4 Å². The van der Waals surface area contributed by atoms with Crippen LogP contribution in [0.2, 0.25) is 0 Å². The molecule has 1 fully saturated rings. The van der Waals surface area contributed by atoms with E-state index in [1.54, 1.807) is 12.1 Å². The van der Waals surface area contributed by atoms with Crippen LogP contribution in [0.4, 0.5) is 4.39 Å². The zero-order valence-electron chi connectivity index (χ0n) is 13.0. The highest BCUT2D eigenvalue weighted by Crippen LogP contribution is 2.21. The average Bonchev–Trinajstić information content (AvgIpc) is 2.48. The normalized spacial score (nSPS) is 20.7. The molecule has 0 aromatic heterocycles. The summed E-state index contributed by atoms with van der Waals surface area (Å²) in [6.45, 7) is 6.25. The number of nitrogens with one attached hydrogen (secondary N) is 1. The van der Waals surface area contributed by atoms with E-state index in [1.165, 1.54) is 12.5 Å². The van der Waals surface area contributed by atoms with E-state index in [0.29, 0.717) is 19.2 Å². The summed E-state index contributed by atoms with van der Waals surface area (Å²) < 4.78 is 25.1. The molecule has 2 atom stereocenters. The number of hydrogen-bond acceptors (Lipinski definition) is 3. The van der Waals surface area contributed by atoms with E-state index >= 15 is 0 Å². The molecule has 1 aromatic carbocycles. The van der Waals surface area contributed by atoms with E-state index in [2.05, 4.69) is 19.2 Å². The number of ether oxygens (including phenoxy) is 2. The van der Waals surface area contributed by atoms with Gasteiger partial charge in [0.1, 0.15) is 5.82 Å². The molecule has 1 aliphatic rings. The molecular weight excluding hydrogens is 269 g/mol. The second-order valence-corrected chi connectivity index (χ2v) is 5.93. The van der Waals surface area contributed by atoms with Gasteiger partial charge in [-0.15, -0.1) is 0 Å². The molecule has 21 heavy (non-hydrogen) atoms. The highest BCUT2D eigenvalue weighted by Gasteiger charge is 2.18. The van der Waals surface area contributed by atoms with Crippen molar-refractivity contribution in [3.05, 3.63) is 35.6 Å². The SMILES string of the molecule is CC(C)NCC(OCC1CCCCO1)c1cccc(F)c1. The van der Waals surface area contributed by atoms with E-state index in [1.807, 2.05) is 6.07 Å². The molecule has 1 aromatic rings. The van der Waals surface area contributed by atoms with Gasteiger partial charge in [-0.25, -0.2) is 4.39 Å². The molecule has 2 rings (SSSR count). The first-order valence-corrected chi connectivity index (χ1v) is 7.87. The van der Waals surface area contributed by atoms with Gasteiger partial charge in [0.05, 0.1) is 18.8 Å². The van der Waals surface area contributed by atoms with E-state index in [4.69, 9.17) is 9.47 Å². The zero-order valence-corrected chi connectivity index (χ0v) is 13.0. The Bertz CT molecular complexity index is 419. The average molecular weight is 295 g/mol. The summed E-state index contributed by atoms with van der Waals surface area (Å²) in [4.78, 5) is 0. The molecule has 0 amide bonds. The standard InChI is InChI=1S/C17H26FNO2/c1-13(2)19-11-17(14-6-5-7-15(18)10-14)21-12-16-8-3-4-9-20-16/h5-7,10,13,16-17,19H,3-4,8-9,11-12H2,1-2H3. The first-order valence-electron chi connectivity index (χ1n) is 7.87.